The molecule has 0 saturated carbocycles. The fraction of sp³-hybridized carbons (Fsp3) is 0.0526. The maximum Gasteiger partial charge on any atom is 0.252 e. The summed E-state index contributed by atoms with van der Waals surface area (Å²) in [5.74, 6) is 0.538. The predicted molar refractivity (Wildman–Crippen MR) is 99.9 cm³/mol. The van der Waals surface area contributed by atoms with Crippen molar-refractivity contribution in [3.63, 3.8) is 0 Å². The number of amides is 1. The maximum absolute atomic E-state index is 12.7. The van der Waals surface area contributed by atoms with Gasteiger partial charge in [-0.05, 0) is 36.4 Å². The molecule has 0 radical (unpaired) electrons. The van der Waals surface area contributed by atoms with Gasteiger partial charge in [0.25, 0.3) is 5.91 Å². The number of nitrogens with one attached hydrogen (secondary N) is 1. The Bertz CT molecular complexity index is 1040. The minimum absolute atomic E-state index is 0.168. The summed E-state index contributed by atoms with van der Waals surface area (Å²) in [5.41, 5.74) is 2.09. The van der Waals surface area contributed by atoms with Gasteiger partial charge in [-0.25, -0.2) is 4.98 Å². The topological polar surface area (TPSA) is 55.1 Å². The lowest BCUT2D eigenvalue weighted by Gasteiger charge is -2.09. The Balaban J connectivity index is 1.74. The van der Waals surface area contributed by atoms with Gasteiger partial charge in [0, 0.05) is 5.39 Å². The summed E-state index contributed by atoms with van der Waals surface area (Å²) < 4.78 is 5.95. The van der Waals surface area contributed by atoms with Crippen LogP contribution >= 0.6 is 22.9 Å². The molecule has 0 spiro atoms. The fourth-order valence-electron chi connectivity index (χ4n) is 2.62. The normalized spacial score (nSPS) is 10.9. The summed E-state index contributed by atoms with van der Waals surface area (Å²) >= 11 is 7.48. The minimum Gasteiger partial charge on any atom is -0.467 e. The van der Waals surface area contributed by atoms with Crippen LogP contribution in [0.15, 0.2) is 65.3 Å². The molecule has 0 aliphatic heterocycles. The van der Waals surface area contributed by atoms with Crippen molar-refractivity contribution in [1.29, 1.82) is 0 Å². The lowest BCUT2D eigenvalue weighted by Crippen LogP contribution is -2.23. The zero-order valence-corrected chi connectivity index (χ0v) is 14.6. The number of rotatable bonds is 4. The third-order valence-electron chi connectivity index (χ3n) is 3.79. The summed E-state index contributed by atoms with van der Waals surface area (Å²) in [6.07, 6.45) is 1.59. The van der Waals surface area contributed by atoms with Gasteiger partial charge < -0.3 is 9.73 Å². The van der Waals surface area contributed by atoms with E-state index in [1.54, 1.807) is 12.3 Å². The van der Waals surface area contributed by atoms with Crippen LogP contribution in [0.5, 0.6) is 0 Å². The van der Waals surface area contributed by atoms with E-state index in [2.05, 4.69) is 10.3 Å². The van der Waals surface area contributed by atoms with Crippen molar-refractivity contribution in [3.8, 4) is 10.6 Å². The highest BCUT2D eigenvalue weighted by Crippen LogP contribution is 2.32. The molecule has 25 heavy (non-hydrogen) atoms. The Hall–Kier alpha value is -2.63. The lowest BCUT2D eigenvalue weighted by molar-refractivity contribution is 0.0949. The molecule has 0 bridgehead atoms. The number of hydrogen-bond donors (Lipinski definition) is 1. The van der Waals surface area contributed by atoms with Crippen LogP contribution in [-0.2, 0) is 6.54 Å². The maximum atomic E-state index is 12.7. The zero-order valence-electron chi connectivity index (χ0n) is 13.0. The molecule has 0 saturated heterocycles. The molecular formula is C19H13ClN2O2S. The van der Waals surface area contributed by atoms with Crippen molar-refractivity contribution in [2.45, 2.75) is 6.54 Å². The van der Waals surface area contributed by atoms with E-state index in [-0.39, 0.29) is 5.91 Å². The first-order valence-electron chi connectivity index (χ1n) is 7.67. The molecule has 6 heteroatoms. The minimum atomic E-state index is -0.168. The molecule has 3 heterocycles. The molecule has 0 unspecified atom stereocenters. The molecular weight excluding hydrogens is 356 g/mol. The highest BCUT2D eigenvalue weighted by Gasteiger charge is 2.15. The smallest absolute Gasteiger partial charge is 0.252 e. The molecule has 0 atom stereocenters. The lowest BCUT2D eigenvalue weighted by atomic mass is 10.1. The Labute approximate surface area is 153 Å². The molecule has 4 aromatic rings. The van der Waals surface area contributed by atoms with Crippen LogP contribution in [-0.4, -0.2) is 10.9 Å². The quantitative estimate of drug-likeness (QED) is 0.542. The molecule has 1 aromatic carbocycles. The molecule has 4 rings (SSSR count). The van der Waals surface area contributed by atoms with Crippen molar-refractivity contribution in [2.75, 3.05) is 0 Å². The van der Waals surface area contributed by atoms with Crippen LogP contribution in [0.3, 0.4) is 0 Å². The van der Waals surface area contributed by atoms with Gasteiger partial charge in [0.1, 0.15) is 5.76 Å². The van der Waals surface area contributed by atoms with E-state index in [9.17, 15) is 4.79 Å². The van der Waals surface area contributed by atoms with E-state index in [0.717, 1.165) is 21.5 Å². The number of nitrogens with zero attached hydrogens (tertiary/aromatic N) is 1. The molecule has 1 N–H and O–H groups in total. The second-order valence-corrected chi connectivity index (χ2v) is 7.15. The predicted octanol–water partition coefficient (Wildman–Crippen LogP) is 5.14. The van der Waals surface area contributed by atoms with Gasteiger partial charge in [-0.2, -0.15) is 0 Å². The SMILES string of the molecule is O=C(NCc1ccco1)c1cc(-c2ccc(Cl)s2)nc2ccccc12. The molecule has 4 nitrogen and oxygen atoms in total. The number of carbonyl (C=O) groups excluding carboxylic acids is 1. The Morgan fingerprint density at radius 1 is 1.16 bits per heavy atom. The number of hydrogen-bond acceptors (Lipinski definition) is 4. The zero-order chi connectivity index (χ0) is 17.2. The Morgan fingerprint density at radius 3 is 2.80 bits per heavy atom. The monoisotopic (exact) mass is 368 g/mol. The van der Waals surface area contributed by atoms with E-state index in [4.69, 9.17) is 16.0 Å². The number of pyridine rings is 1. The Morgan fingerprint density at radius 2 is 2.04 bits per heavy atom. The first kappa shape index (κ1) is 15.9. The summed E-state index contributed by atoms with van der Waals surface area (Å²) in [6, 6.07) is 16.8. The first-order valence-corrected chi connectivity index (χ1v) is 8.86. The molecule has 0 aliphatic carbocycles. The van der Waals surface area contributed by atoms with Crippen molar-refractivity contribution in [2.24, 2.45) is 0 Å². The van der Waals surface area contributed by atoms with Crippen LogP contribution in [0.1, 0.15) is 16.1 Å². The van der Waals surface area contributed by atoms with Crippen molar-refractivity contribution in [3.05, 3.63) is 76.5 Å². The number of thiophene rings is 1. The molecule has 124 valence electrons. The molecule has 1 amide bonds. The van der Waals surface area contributed by atoms with E-state index >= 15 is 0 Å². The van der Waals surface area contributed by atoms with Crippen molar-refractivity contribution >= 4 is 39.7 Å². The number of fused-ring (bicyclic) bond motifs is 1. The highest BCUT2D eigenvalue weighted by atomic mass is 35.5. The van der Waals surface area contributed by atoms with Gasteiger partial charge in [-0.15, -0.1) is 11.3 Å². The Kier molecular flexibility index (Phi) is 4.26. The van der Waals surface area contributed by atoms with Crippen molar-refractivity contribution in [1.82, 2.24) is 10.3 Å². The van der Waals surface area contributed by atoms with Gasteiger partial charge in [0.15, 0.2) is 0 Å². The average molecular weight is 369 g/mol. The van der Waals surface area contributed by atoms with Gasteiger partial charge in [0.2, 0.25) is 0 Å². The van der Waals surface area contributed by atoms with Gasteiger partial charge in [0.05, 0.1) is 38.8 Å². The first-order chi connectivity index (χ1) is 12.2. The van der Waals surface area contributed by atoms with Gasteiger partial charge >= 0.3 is 0 Å². The molecule has 0 fully saturated rings. The van der Waals surface area contributed by atoms with Crippen LogP contribution in [0, 0.1) is 0 Å². The van der Waals surface area contributed by atoms with E-state index < -0.39 is 0 Å². The fourth-order valence-corrected chi connectivity index (χ4v) is 3.62. The van der Waals surface area contributed by atoms with Crippen molar-refractivity contribution < 1.29 is 9.21 Å². The number of benzene rings is 1. The van der Waals surface area contributed by atoms with Crippen LogP contribution in [0.4, 0.5) is 0 Å². The second-order valence-electron chi connectivity index (χ2n) is 5.44. The van der Waals surface area contributed by atoms with Crippen LogP contribution in [0.25, 0.3) is 21.5 Å². The number of halogens is 1. The standard InChI is InChI=1S/C19H13ClN2O2S/c20-18-8-7-17(25-18)16-10-14(13-5-1-2-6-15(13)22-16)19(23)21-11-12-4-3-9-24-12/h1-10H,11H2,(H,21,23). The average Bonchev–Trinajstić information content (AvgIpc) is 3.30. The number of carbonyl (C=O) groups is 1. The third kappa shape index (κ3) is 3.29. The van der Waals surface area contributed by atoms with Gasteiger partial charge in [-0.3, -0.25) is 4.79 Å². The van der Waals surface area contributed by atoms with E-state index in [1.807, 2.05) is 48.5 Å². The third-order valence-corrected chi connectivity index (χ3v) is 5.04. The summed E-state index contributed by atoms with van der Waals surface area (Å²) in [7, 11) is 0. The summed E-state index contributed by atoms with van der Waals surface area (Å²) in [5, 5.41) is 3.71. The number of furan rings is 1. The van der Waals surface area contributed by atoms with E-state index in [1.165, 1.54) is 11.3 Å². The largest absolute Gasteiger partial charge is 0.467 e. The van der Waals surface area contributed by atoms with Crippen LogP contribution < -0.4 is 5.32 Å². The number of aromatic nitrogens is 1. The van der Waals surface area contributed by atoms with E-state index in [0.29, 0.717) is 22.2 Å². The summed E-state index contributed by atoms with van der Waals surface area (Å²) in [6.45, 7) is 0.336. The highest BCUT2D eigenvalue weighted by molar-refractivity contribution is 7.19. The van der Waals surface area contributed by atoms with Crippen LogP contribution in [0.2, 0.25) is 4.34 Å². The number of para-hydroxylation sites is 1. The second kappa shape index (κ2) is 6.70. The summed E-state index contributed by atoms with van der Waals surface area (Å²) in [4.78, 5) is 18.3. The molecule has 3 aromatic heterocycles. The van der Waals surface area contributed by atoms with Gasteiger partial charge in [-0.1, -0.05) is 29.8 Å². The molecule has 0 aliphatic rings.